The first-order valence-corrected chi connectivity index (χ1v) is 8.92. The molecule has 0 fully saturated rings. The molecule has 0 aliphatic rings. The summed E-state index contributed by atoms with van der Waals surface area (Å²) < 4.78 is 0. The average Bonchev–Trinajstić information content (AvgIpc) is 3.22. The summed E-state index contributed by atoms with van der Waals surface area (Å²) in [5, 5.41) is 17.4. The van der Waals surface area contributed by atoms with Crippen LogP contribution >= 0.6 is 22.7 Å². The van der Waals surface area contributed by atoms with E-state index in [4.69, 9.17) is 0 Å². The van der Waals surface area contributed by atoms with Gasteiger partial charge in [-0.15, -0.1) is 22.7 Å². The van der Waals surface area contributed by atoms with E-state index in [9.17, 15) is 9.90 Å². The van der Waals surface area contributed by atoms with Gasteiger partial charge in [-0.3, -0.25) is 4.79 Å². The van der Waals surface area contributed by atoms with Crippen molar-refractivity contribution in [2.24, 2.45) is 0 Å². The number of aliphatic hydroxyl groups is 1. The highest BCUT2D eigenvalue weighted by molar-refractivity contribution is 7.13. The Balaban J connectivity index is 1.63. The molecule has 3 aromatic rings. The van der Waals surface area contributed by atoms with Gasteiger partial charge in [0.2, 0.25) is 0 Å². The Bertz CT molecular complexity index is 796. The molecular weight excluding hydrogens is 328 g/mol. The van der Waals surface area contributed by atoms with Crippen molar-refractivity contribution in [1.82, 2.24) is 10.3 Å². The first kappa shape index (κ1) is 15.9. The van der Waals surface area contributed by atoms with Gasteiger partial charge in [0.15, 0.2) is 0 Å². The van der Waals surface area contributed by atoms with E-state index in [-0.39, 0.29) is 12.5 Å². The Morgan fingerprint density at radius 3 is 2.74 bits per heavy atom. The van der Waals surface area contributed by atoms with E-state index in [0.29, 0.717) is 5.69 Å². The number of aryl methyl sites for hydroxylation is 1. The van der Waals surface area contributed by atoms with Crippen molar-refractivity contribution in [2.45, 2.75) is 13.0 Å². The van der Waals surface area contributed by atoms with Crippen molar-refractivity contribution in [1.29, 1.82) is 0 Å². The number of carbonyl (C=O) groups excluding carboxylic acids is 1. The first-order valence-electron chi connectivity index (χ1n) is 7.16. The molecule has 3 rings (SSSR count). The van der Waals surface area contributed by atoms with Crippen LogP contribution in [0, 0.1) is 6.92 Å². The summed E-state index contributed by atoms with van der Waals surface area (Å²) in [6, 6.07) is 11.7. The molecule has 1 aromatic carbocycles. The largest absolute Gasteiger partial charge is 0.386 e. The van der Waals surface area contributed by atoms with Crippen LogP contribution in [0.5, 0.6) is 0 Å². The van der Waals surface area contributed by atoms with Crippen molar-refractivity contribution < 1.29 is 9.90 Å². The third-order valence-electron chi connectivity index (χ3n) is 3.42. The van der Waals surface area contributed by atoms with Crippen molar-refractivity contribution in [3.8, 4) is 10.6 Å². The van der Waals surface area contributed by atoms with Gasteiger partial charge in [-0.05, 0) is 23.9 Å². The highest BCUT2D eigenvalue weighted by Crippen LogP contribution is 2.24. The number of nitrogens with one attached hydrogen (secondary N) is 1. The molecule has 0 bridgehead atoms. The summed E-state index contributed by atoms with van der Waals surface area (Å²) in [5.41, 5.74) is 2.41. The summed E-state index contributed by atoms with van der Waals surface area (Å²) in [4.78, 5) is 17.4. The van der Waals surface area contributed by atoms with Gasteiger partial charge in [-0.2, -0.15) is 0 Å². The minimum Gasteiger partial charge on any atom is -0.386 e. The lowest BCUT2D eigenvalue weighted by atomic mass is 10.2. The zero-order valence-electron chi connectivity index (χ0n) is 12.5. The van der Waals surface area contributed by atoms with Gasteiger partial charge in [-0.25, -0.2) is 4.98 Å². The molecule has 2 heterocycles. The van der Waals surface area contributed by atoms with E-state index < -0.39 is 6.10 Å². The molecule has 23 heavy (non-hydrogen) atoms. The lowest BCUT2D eigenvalue weighted by molar-refractivity contribution is 0.0913. The molecule has 1 unspecified atom stereocenters. The number of nitrogens with zero attached hydrogens (tertiary/aromatic N) is 1. The molecule has 0 spiro atoms. The van der Waals surface area contributed by atoms with E-state index in [1.807, 2.05) is 48.7 Å². The zero-order valence-corrected chi connectivity index (χ0v) is 14.2. The number of hydrogen-bond donors (Lipinski definition) is 2. The second-order valence-corrected chi connectivity index (χ2v) is 6.90. The van der Waals surface area contributed by atoms with Crippen molar-refractivity contribution in [3.63, 3.8) is 0 Å². The van der Waals surface area contributed by atoms with E-state index in [0.717, 1.165) is 21.0 Å². The van der Waals surface area contributed by atoms with E-state index in [1.165, 1.54) is 22.7 Å². The lowest BCUT2D eigenvalue weighted by Crippen LogP contribution is -2.28. The molecule has 0 aliphatic heterocycles. The summed E-state index contributed by atoms with van der Waals surface area (Å²) >= 11 is 2.92. The number of benzene rings is 1. The number of hydrogen-bond acceptors (Lipinski definition) is 5. The van der Waals surface area contributed by atoms with Gasteiger partial charge < -0.3 is 10.4 Å². The lowest BCUT2D eigenvalue weighted by Gasteiger charge is -2.10. The Kier molecular flexibility index (Phi) is 4.85. The molecule has 0 saturated heterocycles. The maximum Gasteiger partial charge on any atom is 0.270 e. The van der Waals surface area contributed by atoms with Crippen LogP contribution in [0.4, 0.5) is 0 Å². The number of thiophene rings is 1. The first-order chi connectivity index (χ1) is 11.1. The molecule has 1 amide bonds. The fraction of sp³-hybridized carbons (Fsp3) is 0.176. The Morgan fingerprint density at radius 2 is 2.04 bits per heavy atom. The molecule has 2 N–H and O–H groups in total. The number of rotatable bonds is 5. The van der Waals surface area contributed by atoms with Crippen LogP contribution < -0.4 is 5.32 Å². The van der Waals surface area contributed by atoms with Crippen LogP contribution in [0.25, 0.3) is 10.6 Å². The maximum atomic E-state index is 12.2. The third kappa shape index (κ3) is 3.67. The van der Waals surface area contributed by atoms with Crippen LogP contribution in [0.2, 0.25) is 0 Å². The van der Waals surface area contributed by atoms with Crippen molar-refractivity contribution in [2.75, 3.05) is 6.54 Å². The number of aliphatic hydroxyl groups excluding tert-OH is 1. The predicted molar refractivity (Wildman–Crippen MR) is 93.9 cm³/mol. The molecular formula is C17H16N2O2S2. The smallest absolute Gasteiger partial charge is 0.270 e. The second-order valence-electron chi connectivity index (χ2n) is 5.10. The number of amides is 1. The van der Waals surface area contributed by atoms with Crippen molar-refractivity contribution >= 4 is 28.6 Å². The molecule has 118 valence electrons. The fourth-order valence-electron chi connectivity index (χ4n) is 2.19. The van der Waals surface area contributed by atoms with Gasteiger partial charge in [-0.1, -0.05) is 30.3 Å². The van der Waals surface area contributed by atoms with Crippen LogP contribution in [-0.4, -0.2) is 22.5 Å². The topological polar surface area (TPSA) is 62.2 Å². The predicted octanol–water partition coefficient (Wildman–Crippen LogP) is 3.64. The second kappa shape index (κ2) is 7.04. The molecule has 0 saturated carbocycles. The highest BCUT2D eigenvalue weighted by Gasteiger charge is 2.16. The van der Waals surface area contributed by atoms with Gasteiger partial charge in [0.25, 0.3) is 5.91 Å². The summed E-state index contributed by atoms with van der Waals surface area (Å²) in [7, 11) is 0. The van der Waals surface area contributed by atoms with E-state index in [2.05, 4.69) is 10.3 Å². The monoisotopic (exact) mass is 344 g/mol. The van der Waals surface area contributed by atoms with Crippen LogP contribution in [0.1, 0.15) is 27.0 Å². The molecule has 4 nitrogen and oxygen atoms in total. The molecule has 6 heteroatoms. The Hall–Kier alpha value is -2.02. The average molecular weight is 344 g/mol. The zero-order chi connectivity index (χ0) is 16.2. The van der Waals surface area contributed by atoms with Gasteiger partial charge in [0.05, 0.1) is 0 Å². The minimum atomic E-state index is -0.689. The molecule has 2 aromatic heterocycles. The fourth-order valence-corrected chi connectivity index (χ4v) is 3.91. The quantitative estimate of drug-likeness (QED) is 0.743. The molecule has 0 aliphatic carbocycles. The standard InChI is InChI=1S/C17H16N2O2S2/c1-11-7-8-22-15(11)14(20)9-18-16(21)13-10-23-17(19-13)12-5-3-2-4-6-12/h2-8,10,14,20H,9H2,1H3,(H,18,21). The minimum absolute atomic E-state index is 0.179. The molecule has 0 radical (unpaired) electrons. The number of carbonyl (C=O) groups is 1. The number of thiazole rings is 1. The van der Waals surface area contributed by atoms with Gasteiger partial charge >= 0.3 is 0 Å². The van der Waals surface area contributed by atoms with Gasteiger partial charge in [0, 0.05) is 22.4 Å². The summed E-state index contributed by atoms with van der Waals surface area (Å²) in [5.74, 6) is -0.267. The van der Waals surface area contributed by atoms with Gasteiger partial charge in [0.1, 0.15) is 16.8 Å². The Labute approximate surface area is 142 Å². The van der Waals surface area contributed by atoms with E-state index in [1.54, 1.807) is 5.38 Å². The third-order valence-corrected chi connectivity index (χ3v) is 5.43. The summed E-state index contributed by atoms with van der Waals surface area (Å²) in [6.07, 6.45) is -0.689. The SMILES string of the molecule is Cc1ccsc1C(O)CNC(=O)c1csc(-c2ccccc2)n1. The van der Waals surface area contributed by atoms with Crippen LogP contribution in [0.3, 0.4) is 0 Å². The Morgan fingerprint density at radius 1 is 1.26 bits per heavy atom. The normalized spacial score (nSPS) is 12.1. The van der Waals surface area contributed by atoms with Crippen molar-refractivity contribution in [3.05, 3.63) is 63.3 Å². The van der Waals surface area contributed by atoms with Crippen LogP contribution in [0.15, 0.2) is 47.2 Å². The van der Waals surface area contributed by atoms with Crippen LogP contribution in [-0.2, 0) is 0 Å². The van der Waals surface area contributed by atoms with E-state index >= 15 is 0 Å². The summed E-state index contributed by atoms with van der Waals surface area (Å²) in [6.45, 7) is 2.13. The highest BCUT2D eigenvalue weighted by atomic mass is 32.1. The number of aromatic nitrogens is 1. The maximum absolute atomic E-state index is 12.2. The molecule has 1 atom stereocenters.